The lowest BCUT2D eigenvalue weighted by atomic mass is 10.2. The highest BCUT2D eigenvalue weighted by atomic mass is 32.1. The van der Waals surface area contributed by atoms with Gasteiger partial charge in [-0.2, -0.15) is 5.10 Å². The lowest BCUT2D eigenvalue weighted by Gasteiger charge is -1.89. The van der Waals surface area contributed by atoms with Crippen molar-refractivity contribution < 1.29 is 13.2 Å². The average Bonchev–Trinajstić information content (AvgIpc) is 3.42. The fourth-order valence-electron chi connectivity index (χ4n) is 3.37. The van der Waals surface area contributed by atoms with Gasteiger partial charge in [-0.1, -0.05) is 12.1 Å². The summed E-state index contributed by atoms with van der Waals surface area (Å²) >= 11 is 1.73. The van der Waals surface area contributed by atoms with E-state index < -0.39 is 0 Å². The van der Waals surface area contributed by atoms with Gasteiger partial charge in [0.25, 0.3) is 5.69 Å². The first-order valence-corrected chi connectivity index (χ1v) is 9.41. The molecule has 3 aromatic heterocycles. The number of aromatic nitrogens is 4. The lowest BCUT2D eigenvalue weighted by Crippen LogP contribution is -2.26. The molecule has 0 fully saturated rings. The van der Waals surface area contributed by atoms with Crippen molar-refractivity contribution in [1.82, 2.24) is 10.2 Å². The second-order valence-corrected chi connectivity index (χ2v) is 7.51. The third kappa shape index (κ3) is 2.34. The Hall–Kier alpha value is -3.51. The molecule has 0 atom stereocenters. The van der Waals surface area contributed by atoms with Gasteiger partial charge in [0, 0.05) is 34.4 Å². The molecule has 27 heavy (non-hydrogen) atoms. The molecule has 0 unspecified atom stereocenters. The molecular formula is C21H14N4OS+2. The summed E-state index contributed by atoms with van der Waals surface area (Å²) in [5.74, 6) is 0. The van der Waals surface area contributed by atoms with E-state index in [9.17, 15) is 0 Å². The van der Waals surface area contributed by atoms with Gasteiger partial charge in [0.1, 0.15) is 16.2 Å². The zero-order valence-electron chi connectivity index (χ0n) is 14.2. The van der Waals surface area contributed by atoms with E-state index in [0.717, 1.165) is 33.2 Å². The highest BCUT2D eigenvalue weighted by Crippen LogP contribution is 2.21. The molecule has 0 saturated heterocycles. The zero-order valence-corrected chi connectivity index (χ0v) is 15.0. The molecule has 0 radical (unpaired) electrons. The molecule has 3 heterocycles. The second kappa shape index (κ2) is 5.49. The van der Waals surface area contributed by atoms with Crippen LogP contribution in [0.3, 0.4) is 0 Å². The van der Waals surface area contributed by atoms with Crippen LogP contribution >= 0.6 is 11.5 Å². The van der Waals surface area contributed by atoms with E-state index in [0.29, 0.717) is 0 Å². The van der Waals surface area contributed by atoms with Crippen LogP contribution in [0, 0.1) is 0 Å². The van der Waals surface area contributed by atoms with E-state index in [2.05, 4.69) is 62.8 Å². The van der Waals surface area contributed by atoms with E-state index in [1.807, 2.05) is 30.6 Å². The number of nitrogens with one attached hydrogen (secondary N) is 1. The minimum absolute atomic E-state index is 0.854. The molecule has 6 aromatic rings. The third-order valence-corrected chi connectivity index (χ3v) is 5.83. The van der Waals surface area contributed by atoms with Crippen molar-refractivity contribution in [3.05, 3.63) is 79.3 Å². The standard InChI is InChI=1S/C21H14N4OS/c1-2-4-21-14(3-1)13-25(27-21)18-6-8-20-16(10-18)12-24(26-20)17-5-7-19-15(9-17)11-22-23-19/h1-13H,(H,22,23)/q+2. The Morgan fingerprint density at radius 2 is 1.74 bits per heavy atom. The first kappa shape index (κ1) is 14.6. The fraction of sp³-hybridized carbons (Fsp3) is 0. The summed E-state index contributed by atoms with van der Waals surface area (Å²) in [6.07, 6.45) is 6.01. The number of H-pyrrole nitrogens is 1. The maximum atomic E-state index is 6.01. The van der Waals surface area contributed by atoms with Gasteiger partial charge in [-0.05, 0) is 24.3 Å². The van der Waals surface area contributed by atoms with Gasteiger partial charge in [-0.25, -0.2) is 4.52 Å². The lowest BCUT2D eigenvalue weighted by molar-refractivity contribution is -0.779. The second-order valence-electron chi connectivity index (χ2n) is 6.49. The average molecular weight is 370 g/mol. The maximum Gasteiger partial charge on any atom is 0.258 e. The number of benzene rings is 3. The smallest absolute Gasteiger partial charge is 0.258 e. The van der Waals surface area contributed by atoms with Crippen molar-refractivity contribution in [1.29, 1.82) is 0 Å². The minimum atomic E-state index is 0.854. The largest absolute Gasteiger partial charge is 0.278 e. The molecule has 0 aliphatic rings. The molecule has 0 bridgehead atoms. The molecule has 0 aliphatic heterocycles. The first-order chi connectivity index (χ1) is 13.3. The first-order valence-electron chi connectivity index (χ1n) is 8.64. The van der Waals surface area contributed by atoms with Crippen molar-refractivity contribution in [2.24, 2.45) is 0 Å². The van der Waals surface area contributed by atoms with Crippen LogP contribution in [-0.4, -0.2) is 10.2 Å². The SMILES string of the molecule is c1ccc2s[n+](-c3ccc4o[n+](-c5ccc6[nH]ncc6c5)cc4c3)cc2c1. The van der Waals surface area contributed by atoms with Crippen LogP contribution in [0.4, 0.5) is 0 Å². The summed E-state index contributed by atoms with van der Waals surface area (Å²) < 4.78 is 11.3. The number of hydrogen-bond donors (Lipinski definition) is 1. The number of aromatic amines is 1. The number of nitrogens with zero attached hydrogens (tertiary/aromatic N) is 3. The zero-order chi connectivity index (χ0) is 17.8. The highest BCUT2D eigenvalue weighted by Gasteiger charge is 2.19. The molecule has 3 aromatic carbocycles. The third-order valence-electron chi connectivity index (χ3n) is 4.75. The Morgan fingerprint density at radius 3 is 2.70 bits per heavy atom. The normalized spacial score (nSPS) is 11.7. The highest BCUT2D eigenvalue weighted by molar-refractivity contribution is 7.09. The van der Waals surface area contributed by atoms with Crippen LogP contribution < -0.4 is 8.70 Å². The topological polar surface area (TPSA) is 49.6 Å². The molecule has 128 valence electrons. The molecule has 0 amide bonds. The molecule has 0 aliphatic carbocycles. The van der Waals surface area contributed by atoms with Gasteiger partial charge in [-0.15, -0.1) is 3.96 Å². The summed E-state index contributed by atoms with van der Waals surface area (Å²) in [4.78, 5) is 0. The molecule has 6 heteroatoms. The summed E-state index contributed by atoms with van der Waals surface area (Å²) in [6.45, 7) is 0. The van der Waals surface area contributed by atoms with Crippen molar-refractivity contribution in [2.75, 3.05) is 0 Å². The Kier molecular flexibility index (Phi) is 2.98. The molecule has 1 N–H and O–H groups in total. The van der Waals surface area contributed by atoms with Crippen LogP contribution in [0.15, 0.2) is 83.8 Å². The Morgan fingerprint density at radius 1 is 0.852 bits per heavy atom. The van der Waals surface area contributed by atoms with Crippen molar-refractivity contribution in [2.45, 2.75) is 0 Å². The fourth-order valence-corrected chi connectivity index (χ4v) is 4.33. The van der Waals surface area contributed by atoms with Gasteiger partial charge in [-0.3, -0.25) is 5.10 Å². The monoisotopic (exact) mass is 370 g/mol. The van der Waals surface area contributed by atoms with Gasteiger partial charge in [0.2, 0.25) is 17.5 Å². The van der Waals surface area contributed by atoms with Gasteiger partial charge < -0.3 is 0 Å². The maximum absolute atomic E-state index is 6.01. The van der Waals surface area contributed by atoms with Gasteiger partial charge in [0.05, 0.1) is 22.5 Å². The van der Waals surface area contributed by atoms with E-state index in [1.54, 1.807) is 16.3 Å². The van der Waals surface area contributed by atoms with Crippen LogP contribution in [0.5, 0.6) is 0 Å². The molecule has 5 nitrogen and oxygen atoms in total. The van der Waals surface area contributed by atoms with E-state index in [4.69, 9.17) is 4.52 Å². The molecule has 0 spiro atoms. The number of fused-ring (bicyclic) bond motifs is 3. The molecular weight excluding hydrogens is 356 g/mol. The predicted molar refractivity (Wildman–Crippen MR) is 104 cm³/mol. The van der Waals surface area contributed by atoms with Gasteiger partial charge >= 0.3 is 0 Å². The molecule has 6 rings (SSSR count). The van der Waals surface area contributed by atoms with Gasteiger partial charge in [0.15, 0.2) is 6.20 Å². The summed E-state index contributed by atoms with van der Waals surface area (Å²) in [6, 6.07) is 20.8. The summed E-state index contributed by atoms with van der Waals surface area (Å²) in [5.41, 5.74) is 3.96. The minimum Gasteiger partial charge on any atom is -0.278 e. The summed E-state index contributed by atoms with van der Waals surface area (Å²) in [7, 11) is 0. The van der Waals surface area contributed by atoms with E-state index in [1.165, 1.54) is 10.1 Å². The predicted octanol–water partition coefficient (Wildman–Crippen LogP) is 4.08. The van der Waals surface area contributed by atoms with Crippen LogP contribution in [0.25, 0.3) is 43.3 Å². The molecule has 0 saturated carbocycles. The van der Waals surface area contributed by atoms with Crippen molar-refractivity contribution in [3.8, 4) is 11.4 Å². The van der Waals surface area contributed by atoms with Crippen LogP contribution in [0.1, 0.15) is 0 Å². The van der Waals surface area contributed by atoms with Crippen LogP contribution in [0.2, 0.25) is 0 Å². The van der Waals surface area contributed by atoms with E-state index >= 15 is 0 Å². The number of hydrogen-bond acceptors (Lipinski definition) is 3. The van der Waals surface area contributed by atoms with Crippen molar-refractivity contribution >= 4 is 43.5 Å². The number of rotatable bonds is 2. The van der Waals surface area contributed by atoms with E-state index in [-0.39, 0.29) is 0 Å². The van der Waals surface area contributed by atoms with Crippen LogP contribution in [-0.2, 0) is 0 Å². The summed E-state index contributed by atoms with van der Waals surface area (Å²) in [5, 5.41) is 10.4. The Balaban J connectivity index is 1.46. The Labute approximate surface area is 157 Å². The van der Waals surface area contributed by atoms with Crippen molar-refractivity contribution in [3.63, 3.8) is 0 Å². The quantitative estimate of drug-likeness (QED) is 0.467. The Bertz CT molecular complexity index is 1410.